The molecule has 146 valence electrons. The van der Waals surface area contributed by atoms with Gasteiger partial charge in [0.05, 0.1) is 0 Å². The van der Waals surface area contributed by atoms with E-state index in [4.69, 9.17) is 0 Å². The molecule has 6 heteroatoms. The van der Waals surface area contributed by atoms with E-state index in [2.05, 4.69) is 4.98 Å². The molecule has 0 radical (unpaired) electrons. The Morgan fingerprint density at radius 3 is 2.11 bits per heavy atom. The van der Waals surface area contributed by atoms with Gasteiger partial charge in [-0.1, -0.05) is 6.07 Å². The van der Waals surface area contributed by atoms with Gasteiger partial charge >= 0.3 is 0 Å². The molecule has 2 aromatic carbocycles. The Labute approximate surface area is 159 Å². The molecule has 0 unspecified atom stereocenters. The second-order valence-electron chi connectivity index (χ2n) is 6.81. The first-order chi connectivity index (χ1) is 13.3. The van der Waals surface area contributed by atoms with Crippen molar-refractivity contribution >= 4 is 0 Å². The Balaban J connectivity index is 1.89. The lowest BCUT2D eigenvalue weighted by Gasteiger charge is -2.11. The molecule has 0 N–H and O–H groups in total. The molecule has 0 atom stereocenters. The Bertz CT molecular complexity index is 1030. The number of hydrogen-bond acceptors (Lipinski definition) is 1. The van der Waals surface area contributed by atoms with E-state index < -0.39 is 29.1 Å². The van der Waals surface area contributed by atoms with Crippen LogP contribution < -0.4 is 0 Å². The van der Waals surface area contributed by atoms with Gasteiger partial charge in [0.25, 0.3) is 0 Å². The molecule has 0 saturated carbocycles. The lowest BCUT2D eigenvalue weighted by Crippen LogP contribution is -2.06. The second-order valence-corrected chi connectivity index (χ2v) is 6.81. The predicted molar refractivity (Wildman–Crippen MR) is 96.6 cm³/mol. The van der Waals surface area contributed by atoms with Gasteiger partial charge in [0, 0.05) is 24.4 Å². The number of nitrogens with zero attached hydrogens (tertiary/aromatic N) is 1. The van der Waals surface area contributed by atoms with Crippen LogP contribution in [0.4, 0.5) is 22.0 Å². The maximum Gasteiger partial charge on any atom is 0.194 e. The van der Waals surface area contributed by atoms with Crippen molar-refractivity contribution in [2.75, 3.05) is 0 Å². The standard InChI is InChI=1S/C22H18F5N/c1-12-7-15(19(24)11-18(12)23)3-4-16-10-17(21(26)22(27)20(16)25)9-14-5-6-28-13(2)8-14/h5-8,10-11H,3-4,9H2,1-2H3. The summed E-state index contributed by atoms with van der Waals surface area (Å²) < 4.78 is 69.8. The number of halogens is 5. The minimum Gasteiger partial charge on any atom is -0.262 e. The first-order valence-corrected chi connectivity index (χ1v) is 8.77. The van der Waals surface area contributed by atoms with Crippen LogP contribution in [0.5, 0.6) is 0 Å². The zero-order valence-electron chi connectivity index (χ0n) is 15.4. The van der Waals surface area contributed by atoms with E-state index in [9.17, 15) is 22.0 Å². The van der Waals surface area contributed by atoms with Gasteiger partial charge in [-0.2, -0.15) is 0 Å². The largest absolute Gasteiger partial charge is 0.262 e. The average Bonchev–Trinajstić information content (AvgIpc) is 2.65. The molecule has 0 aliphatic rings. The maximum absolute atomic E-state index is 14.2. The number of rotatable bonds is 5. The number of aryl methyl sites for hydroxylation is 4. The number of hydrogen-bond donors (Lipinski definition) is 0. The lowest BCUT2D eigenvalue weighted by molar-refractivity contribution is 0.435. The molecule has 0 spiro atoms. The average molecular weight is 391 g/mol. The van der Waals surface area contributed by atoms with Crippen LogP contribution in [0, 0.1) is 42.9 Å². The summed E-state index contributed by atoms with van der Waals surface area (Å²) in [5.41, 5.74) is 1.84. The van der Waals surface area contributed by atoms with Crippen LogP contribution in [0.1, 0.15) is 33.5 Å². The Morgan fingerprint density at radius 1 is 0.714 bits per heavy atom. The van der Waals surface area contributed by atoms with Crippen LogP contribution in [0.25, 0.3) is 0 Å². The van der Waals surface area contributed by atoms with Crippen molar-refractivity contribution in [2.45, 2.75) is 33.1 Å². The zero-order chi connectivity index (χ0) is 20.4. The summed E-state index contributed by atoms with van der Waals surface area (Å²) in [5.74, 6) is -5.49. The SMILES string of the molecule is Cc1cc(Cc2cc(CCc3cc(C)c(F)cc3F)c(F)c(F)c2F)ccn1. The Morgan fingerprint density at radius 2 is 1.39 bits per heavy atom. The summed E-state index contributed by atoms with van der Waals surface area (Å²) >= 11 is 0. The van der Waals surface area contributed by atoms with E-state index in [1.165, 1.54) is 19.1 Å². The number of aromatic nitrogens is 1. The van der Waals surface area contributed by atoms with E-state index in [1.54, 1.807) is 25.3 Å². The van der Waals surface area contributed by atoms with Crippen molar-refractivity contribution in [1.29, 1.82) is 0 Å². The Hall–Kier alpha value is -2.76. The van der Waals surface area contributed by atoms with Crippen LogP contribution in [0.2, 0.25) is 0 Å². The molecule has 0 aliphatic carbocycles. The number of benzene rings is 2. The molecular weight excluding hydrogens is 373 g/mol. The van der Waals surface area contributed by atoms with Crippen molar-refractivity contribution in [3.05, 3.63) is 99.1 Å². The van der Waals surface area contributed by atoms with Crippen molar-refractivity contribution in [3.8, 4) is 0 Å². The smallest absolute Gasteiger partial charge is 0.194 e. The fraction of sp³-hybridized carbons (Fsp3) is 0.227. The lowest BCUT2D eigenvalue weighted by atomic mass is 9.97. The molecule has 0 aliphatic heterocycles. The monoisotopic (exact) mass is 391 g/mol. The molecule has 0 bridgehead atoms. The quantitative estimate of drug-likeness (QED) is 0.397. The van der Waals surface area contributed by atoms with E-state index in [1.807, 2.05) is 0 Å². The molecule has 1 nitrogen and oxygen atoms in total. The summed E-state index contributed by atoms with van der Waals surface area (Å²) in [6, 6.07) is 6.77. The molecule has 0 fully saturated rings. The summed E-state index contributed by atoms with van der Waals surface area (Å²) in [6.45, 7) is 3.26. The molecule has 0 amide bonds. The van der Waals surface area contributed by atoms with Crippen LogP contribution in [-0.2, 0) is 19.3 Å². The molecule has 28 heavy (non-hydrogen) atoms. The van der Waals surface area contributed by atoms with E-state index in [0.29, 0.717) is 5.56 Å². The third-order valence-electron chi connectivity index (χ3n) is 4.64. The number of pyridine rings is 1. The van der Waals surface area contributed by atoms with Gasteiger partial charge in [0.2, 0.25) is 0 Å². The van der Waals surface area contributed by atoms with E-state index in [0.717, 1.165) is 11.8 Å². The third-order valence-corrected chi connectivity index (χ3v) is 4.64. The van der Waals surface area contributed by atoms with Crippen molar-refractivity contribution in [1.82, 2.24) is 4.98 Å². The maximum atomic E-state index is 14.2. The van der Waals surface area contributed by atoms with Gasteiger partial charge in [-0.05, 0) is 72.7 Å². The van der Waals surface area contributed by atoms with Gasteiger partial charge in [0.15, 0.2) is 17.5 Å². The molecule has 3 aromatic rings. The highest BCUT2D eigenvalue weighted by molar-refractivity contribution is 5.34. The van der Waals surface area contributed by atoms with E-state index in [-0.39, 0.29) is 41.5 Å². The predicted octanol–water partition coefficient (Wildman–Crippen LogP) is 5.77. The normalized spacial score (nSPS) is 11.1. The molecular formula is C22H18F5N. The highest BCUT2D eigenvalue weighted by Crippen LogP contribution is 2.24. The zero-order valence-corrected chi connectivity index (χ0v) is 15.4. The fourth-order valence-electron chi connectivity index (χ4n) is 3.14. The van der Waals surface area contributed by atoms with Crippen LogP contribution in [0.3, 0.4) is 0 Å². The van der Waals surface area contributed by atoms with Crippen LogP contribution >= 0.6 is 0 Å². The topological polar surface area (TPSA) is 12.9 Å². The van der Waals surface area contributed by atoms with Crippen molar-refractivity contribution in [3.63, 3.8) is 0 Å². The van der Waals surface area contributed by atoms with Crippen LogP contribution in [-0.4, -0.2) is 4.98 Å². The minimum absolute atomic E-state index is 0.00950. The van der Waals surface area contributed by atoms with Gasteiger partial charge in [-0.25, -0.2) is 22.0 Å². The van der Waals surface area contributed by atoms with E-state index >= 15 is 0 Å². The van der Waals surface area contributed by atoms with Crippen LogP contribution in [0.15, 0.2) is 36.5 Å². The summed E-state index contributed by atoms with van der Waals surface area (Å²) in [5, 5.41) is 0. The fourth-order valence-corrected chi connectivity index (χ4v) is 3.14. The van der Waals surface area contributed by atoms with Gasteiger partial charge in [-0.3, -0.25) is 4.98 Å². The molecule has 1 aromatic heterocycles. The van der Waals surface area contributed by atoms with Gasteiger partial charge < -0.3 is 0 Å². The van der Waals surface area contributed by atoms with Gasteiger partial charge in [0.1, 0.15) is 11.6 Å². The highest BCUT2D eigenvalue weighted by Gasteiger charge is 2.19. The first-order valence-electron chi connectivity index (χ1n) is 8.77. The molecule has 0 saturated heterocycles. The second kappa shape index (κ2) is 8.09. The first kappa shape index (κ1) is 20.0. The van der Waals surface area contributed by atoms with Gasteiger partial charge in [-0.15, -0.1) is 0 Å². The van der Waals surface area contributed by atoms with Crippen molar-refractivity contribution < 1.29 is 22.0 Å². The Kier molecular flexibility index (Phi) is 5.77. The summed E-state index contributed by atoms with van der Waals surface area (Å²) in [7, 11) is 0. The molecule has 1 heterocycles. The van der Waals surface area contributed by atoms with Crippen molar-refractivity contribution in [2.24, 2.45) is 0 Å². The molecule has 3 rings (SSSR count). The third kappa shape index (κ3) is 4.21. The minimum atomic E-state index is -1.55. The highest BCUT2D eigenvalue weighted by atomic mass is 19.2. The summed E-state index contributed by atoms with van der Waals surface area (Å²) in [4.78, 5) is 4.05. The summed E-state index contributed by atoms with van der Waals surface area (Å²) in [6.07, 6.45) is 1.61.